The van der Waals surface area contributed by atoms with Gasteiger partial charge in [0, 0.05) is 18.1 Å². The number of ether oxygens (including phenoxy) is 2. The van der Waals surface area contributed by atoms with Gasteiger partial charge in [0.2, 0.25) is 0 Å². The molecule has 3 aromatic rings. The third-order valence-corrected chi connectivity index (χ3v) is 8.14. The van der Waals surface area contributed by atoms with Crippen LogP contribution in [-0.2, 0) is 14.8 Å². The maximum absolute atomic E-state index is 14.4. The minimum atomic E-state index is -4.25. The molecule has 3 aromatic carbocycles. The molecule has 0 radical (unpaired) electrons. The predicted octanol–water partition coefficient (Wildman–Crippen LogP) is 6.01. The van der Waals surface area contributed by atoms with Crippen LogP contribution in [0, 0.1) is 11.6 Å². The summed E-state index contributed by atoms with van der Waals surface area (Å²) >= 11 is 6.19. The molecule has 1 aliphatic rings. The number of aliphatic carboxylic acids is 1. The van der Waals surface area contributed by atoms with Crippen LogP contribution in [0.25, 0.3) is 11.6 Å². The SMILES string of the molecule is COc1cc(S(=O)(=O)N2C[C@H](CCC(=O)O)Oc3ccc(/C=C(\C)c4c(F)cccc4Cl)cc32)ccc1F. The molecule has 0 aromatic heterocycles. The summed E-state index contributed by atoms with van der Waals surface area (Å²) in [6, 6.07) is 12.4. The number of nitrogens with zero attached hydrogens (tertiary/aromatic N) is 1. The molecule has 1 atom stereocenters. The molecule has 0 fully saturated rings. The number of hydrogen-bond acceptors (Lipinski definition) is 5. The molecule has 0 amide bonds. The van der Waals surface area contributed by atoms with Crippen LogP contribution in [0.15, 0.2) is 59.5 Å². The molecule has 11 heteroatoms. The molecule has 200 valence electrons. The fraction of sp³-hybridized carbons (Fsp3) is 0.222. The predicted molar refractivity (Wildman–Crippen MR) is 140 cm³/mol. The largest absolute Gasteiger partial charge is 0.494 e. The van der Waals surface area contributed by atoms with Gasteiger partial charge in [0.05, 0.1) is 29.3 Å². The van der Waals surface area contributed by atoms with Crippen molar-refractivity contribution in [3.63, 3.8) is 0 Å². The van der Waals surface area contributed by atoms with E-state index < -0.39 is 33.7 Å². The first-order chi connectivity index (χ1) is 18.0. The second kappa shape index (κ2) is 11.0. The summed E-state index contributed by atoms with van der Waals surface area (Å²) in [6.07, 6.45) is 0.769. The number of sulfonamides is 1. The third kappa shape index (κ3) is 5.61. The first-order valence-corrected chi connectivity index (χ1v) is 13.3. The van der Waals surface area contributed by atoms with Crippen molar-refractivity contribution in [1.82, 2.24) is 0 Å². The molecule has 1 heterocycles. The molecular formula is C27H24ClF2NO6S. The number of rotatable bonds is 8. The molecule has 0 unspecified atom stereocenters. The highest BCUT2D eigenvalue weighted by molar-refractivity contribution is 7.92. The van der Waals surface area contributed by atoms with E-state index in [9.17, 15) is 22.0 Å². The normalized spacial score (nSPS) is 15.6. The van der Waals surface area contributed by atoms with Crippen LogP contribution in [-0.4, -0.2) is 39.3 Å². The maximum atomic E-state index is 14.4. The Hall–Kier alpha value is -3.63. The second-order valence-corrected chi connectivity index (χ2v) is 10.9. The van der Waals surface area contributed by atoms with Gasteiger partial charge >= 0.3 is 5.97 Å². The number of methoxy groups -OCH3 is 1. The highest BCUT2D eigenvalue weighted by Gasteiger charge is 2.35. The van der Waals surface area contributed by atoms with Gasteiger partial charge in [0.15, 0.2) is 11.6 Å². The lowest BCUT2D eigenvalue weighted by Gasteiger charge is -2.35. The van der Waals surface area contributed by atoms with Gasteiger partial charge in [0.1, 0.15) is 17.7 Å². The van der Waals surface area contributed by atoms with Crippen LogP contribution >= 0.6 is 11.6 Å². The first-order valence-electron chi connectivity index (χ1n) is 11.5. The Morgan fingerprint density at radius 2 is 1.95 bits per heavy atom. The van der Waals surface area contributed by atoms with Crippen LogP contribution < -0.4 is 13.8 Å². The van der Waals surface area contributed by atoms with Crippen LogP contribution in [0.4, 0.5) is 14.5 Å². The Morgan fingerprint density at radius 1 is 1.18 bits per heavy atom. The lowest BCUT2D eigenvalue weighted by molar-refractivity contribution is -0.137. The summed E-state index contributed by atoms with van der Waals surface area (Å²) in [5.41, 5.74) is 1.48. The fourth-order valence-electron chi connectivity index (χ4n) is 4.21. The number of carboxylic acids is 1. The third-order valence-electron chi connectivity index (χ3n) is 6.05. The molecular weight excluding hydrogens is 540 g/mol. The molecule has 0 saturated carbocycles. The smallest absolute Gasteiger partial charge is 0.303 e. The van der Waals surface area contributed by atoms with E-state index in [0.717, 1.165) is 22.5 Å². The fourth-order valence-corrected chi connectivity index (χ4v) is 6.03. The Labute approximate surface area is 223 Å². The topological polar surface area (TPSA) is 93.1 Å². The Bertz CT molecular complexity index is 1510. The number of carbonyl (C=O) groups is 1. The van der Waals surface area contributed by atoms with Crippen LogP contribution in [0.2, 0.25) is 5.02 Å². The lowest BCUT2D eigenvalue weighted by atomic mass is 10.0. The van der Waals surface area contributed by atoms with Gasteiger partial charge in [-0.25, -0.2) is 17.2 Å². The summed E-state index contributed by atoms with van der Waals surface area (Å²) in [7, 11) is -3.02. The van der Waals surface area contributed by atoms with E-state index in [1.165, 1.54) is 19.2 Å². The molecule has 0 spiro atoms. The Morgan fingerprint density at radius 3 is 2.63 bits per heavy atom. The zero-order valence-corrected chi connectivity index (χ0v) is 22.0. The van der Waals surface area contributed by atoms with Crippen molar-refractivity contribution >= 4 is 44.9 Å². The number of allylic oxidation sites excluding steroid dienone is 1. The van der Waals surface area contributed by atoms with Crippen molar-refractivity contribution in [2.75, 3.05) is 18.0 Å². The van der Waals surface area contributed by atoms with Crippen molar-refractivity contribution in [2.45, 2.75) is 30.8 Å². The summed E-state index contributed by atoms with van der Waals surface area (Å²) in [5, 5.41) is 9.33. The molecule has 4 rings (SSSR count). The number of anilines is 1. The zero-order chi connectivity index (χ0) is 27.6. The van der Waals surface area contributed by atoms with E-state index >= 15 is 0 Å². The van der Waals surface area contributed by atoms with Gasteiger partial charge in [0.25, 0.3) is 10.0 Å². The molecule has 1 N–H and O–H groups in total. The van der Waals surface area contributed by atoms with Crippen molar-refractivity contribution in [2.24, 2.45) is 0 Å². The standard InChI is InChI=1S/C27H24ClF2NO6S/c1-16(27-20(28)4-3-5-22(27)30)12-17-6-10-24-23(13-17)31(15-18(37-24)7-11-26(32)33)38(34,35)19-8-9-21(29)25(14-19)36-2/h3-6,8-10,12-14,18H,7,11,15H2,1-2H3,(H,32,33)/b16-12+/t18-/m0/s1. The minimum Gasteiger partial charge on any atom is -0.494 e. The van der Waals surface area contributed by atoms with E-state index in [1.54, 1.807) is 37.3 Å². The van der Waals surface area contributed by atoms with Crippen molar-refractivity contribution < 1.29 is 36.6 Å². The van der Waals surface area contributed by atoms with Gasteiger partial charge in [-0.3, -0.25) is 9.10 Å². The van der Waals surface area contributed by atoms with Gasteiger partial charge in [-0.15, -0.1) is 0 Å². The van der Waals surface area contributed by atoms with E-state index in [4.69, 9.17) is 26.2 Å². The number of halogens is 3. The Balaban J connectivity index is 1.80. The van der Waals surface area contributed by atoms with Crippen molar-refractivity contribution in [3.05, 3.63) is 82.4 Å². The summed E-state index contributed by atoms with van der Waals surface area (Å²) in [4.78, 5) is 10.9. The molecule has 38 heavy (non-hydrogen) atoms. The van der Waals surface area contributed by atoms with E-state index in [0.29, 0.717) is 11.1 Å². The van der Waals surface area contributed by atoms with E-state index in [2.05, 4.69) is 0 Å². The summed E-state index contributed by atoms with van der Waals surface area (Å²) in [5.74, 6) is -2.27. The first kappa shape index (κ1) is 27.4. The lowest BCUT2D eigenvalue weighted by Crippen LogP contribution is -2.43. The van der Waals surface area contributed by atoms with Crippen molar-refractivity contribution in [1.29, 1.82) is 0 Å². The quantitative estimate of drug-likeness (QED) is 0.337. The van der Waals surface area contributed by atoms with Crippen LogP contribution in [0.1, 0.15) is 30.9 Å². The molecule has 0 bridgehead atoms. The highest BCUT2D eigenvalue weighted by atomic mass is 35.5. The van der Waals surface area contributed by atoms with Crippen LogP contribution in [0.3, 0.4) is 0 Å². The number of hydrogen-bond donors (Lipinski definition) is 1. The minimum absolute atomic E-state index is 0.0695. The molecule has 7 nitrogen and oxygen atoms in total. The van der Waals surface area contributed by atoms with Gasteiger partial charge in [-0.05, 0) is 60.9 Å². The zero-order valence-electron chi connectivity index (χ0n) is 20.4. The van der Waals surface area contributed by atoms with Gasteiger partial charge in [-0.1, -0.05) is 29.8 Å². The molecule has 1 aliphatic heterocycles. The average Bonchev–Trinajstić information content (AvgIpc) is 2.87. The summed E-state index contributed by atoms with van der Waals surface area (Å²) < 4.78 is 67.9. The van der Waals surface area contributed by atoms with Crippen LogP contribution in [0.5, 0.6) is 11.5 Å². The molecule has 0 aliphatic carbocycles. The van der Waals surface area contributed by atoms with E-state index in [-0.39, 0.29) is 52.1 Å². The second-order valence-electron chi connectivity index (χ2n) is 8.66. The van der Waals surface area contributed by atoms with E-state index in [1.807, 2.05) is 0 Å². The number of benzene rings is 3. The molecule has 0 saturated heterocycles. The highest BCUT2D eigenvalue weighted by Crippen LogP contribution is 2.40. The monoisotopic (exact) mass is 563 g/mol. The number of carboxylic acid groups (broad SMARTS) is 1. The van der Waals surface area contributed by atoms with Gasteiger partial charge < -0.3 is 14.6 Å². The van der Waals surface area contributed by atoms with Crippen molar-refractivity contribution in [3.8, 4) is 11.5 Å². The van der Waals surface area contributed by atoms with Gasteiger partial charge in [-0.2, -0.15) is 0 Å². The number of fused-ring (bicyclic) bond motifs is 1. The maximum Gasteiger partial charge on any atom is 0.303 e. The average molecular weight is 564 g/mol. The Kier molecular flexibility index (Phi) is 7.94. The summed E-state index contributed by atoms with van der Waals surface area (Å²) in [6.45, 7) is 1.51.